The lowest BCUT2D eigenvalue weighted by atomic mass is 9.52. The Kier molecular flexibility index (Phi) is 7.37. The minimum absolute atomic E-state index is 0.102. The zero-order valence-electron chi connectivity index (χ0n) is 21.6. The molecule has 0 unspecified atom stereocenters. The largest absolute Gasteiger partial charge is 0.463 e. The van der Waals surface area contributed by atoms with E-state index < -0.39 is 17.1 Å². The van der Waals surface area contributed by atoms with Gasteiger partial charge in [-0.25, -0.2) is 14.6 Å². The zero-order valence-corrected chi connectivity index (χ0v) is 22.4. The van der Waals surface area contributed by atoms with Gasteiger partial charge in [-0.1, -0.05) is 50.5 Å². The van der Waals surface area contributed by atoms with E-state index >= 15 is 0 Å². The van der Waals surface area contributed by atoms with Crippen LogP contribution in [-0.4, -0.2) is 40.6 Å². The van der Waals surface area contributed by atoms with Crippen molar-refractivity contribution in [1.82, 2.24) is 5.32 Å². The molecule has 1 saturated carbocycles. The first-order chi connectivity index (χ1) is 16.6. The molecule has 0 spiro atoms. The van der Waals surface area contributed by atoms with E-state index in [0.717, 1.165) is 36.4 Å². The van der Waals surface area contributed by atoms with Crippen molar-refractivity contribution in [3.8, 4) is 0 Å². The highest BCUT2D eigenvalue weighted by Gasteiger charge is 2.61. The highest BCUT2D eigenvalue weighted by molar-refractivity contribution is 8.14. The van der Waals surface area contributed by atoms with Crippen molar-refractivity contribution < 1.29 is 19.1 Å². The fourth-order valence-electron chi connectivity index (χ4n) is 5.98. The molecule has 1 aromatic carbocycles. The van der Waals surface area contributed by atoms with Crippen molar-refractivity contribution in [2.24, 2.45) is 10.4 Å². The summed E-state index contributed by atoms with van der Waals surface area (Å²) in [5.74, 6) is -0.307. The van der Waals surface area contributed by atoms with E-state index in [1.807, 2.05) is 33.8 Å². The van der Waals surface area contributed by atoms with Crippen LogP contribution in [0.2, 0.25) is 0 Å². The molecule has 3 aliphatic rings. The van der Waals surface area contributed by atoms with Crippen LogP contribution in [-0.2, 0) is 19.7 Å². The van der Waals surface area contributed by atoms with E-state index in [9.17, 15) is 9.59 Å². The van der Waals surface area contributed by atoms with Gasteiger partial charge in [0.1, 0.15) is 5.60 Å². The molecular formula is C28H38N2O4S. The Balaban J connectivity index is 1.79. The maximum absolute atomic E-state index is 12.8. The van der Waals surface area contributed by atoms with Gasteiger partial charge < -0.3 is 14.8 Å². The maximum Gasteiger partial charge on any atom is 0.407 e. The fourth-order valence-corrected chi connectivity index (χ4v) is 7.41. The van der Waals surface area contributed by atoms with Gasteiger partial charge in [0.25, 0.3) is 0 Å². The lowest BCUT2D eigenvalue weighted by Gasteiger charge is -2.54. The van der Waals surface area contributed by atoms with E-state index in [2.05, 4.69) is 36.5 Å². The molecule has 1 N–H and O–H groups in total. The first-order valence-corrected chi connectivity index (χ1v) is 13.7. The average Bonchev–Trinajstić information content (AvgIpc) is 3.12. The zero-order chi connectivity index (χ0) is 25.3. The number of amides is 1. The van der Waals surface area contributed by atoms with Gasteiger partial charge in [-0.2, -0.15) is 0 Å². The number of carbonyl (C=O) groups is 2. The number of esters is 1. The Hall–Kier alpha value is -2.28. The molecule has 3 atom stereocenters. The fraction of sp³-hybridized carbons (Fsp3) is 0.607. The first kappa shape index (κ1) is 25.8. The maximum atomic E-state index is 12.8. The van der Waals surface area contributed by atoms with Gasteiger partial charge in [0, 0.05) is 22.8 Å². The van der Waals surface area contributed by atoms with Gasteiger partial charge >= 0.3 is 12.1 Å². The Morgan fingerprint density at radius 1 is 1.20 bits per heavy atom. The van der Waals surface area contributed by atoms with Crippen LogP contribution in [0.15, 0.2) is 41.4 Å². The molecule has 1 aliphatic carbocycles. The summed E-state index contributed by atoms with van der Waals surface area (Å²) in [4.78, 5) is 30.4. The molecule has 35 heavy (non-hydrogen) atoms. The summed E-state index contributed by atoms with van der Waals surface area (Å²) in [6.45, 7) is 9.95. The van der Waals surface area contributed by atoms with Gasteiger partial charge in [-0.3, -0.25) is 0 Å². The van der Waals surface area contributed by atoms with E-state index in [1.54, 1.807) is 17.8 Å². The third-order valence-corrected chi connectivity index (χ3v) is 8.83. The minimum Gasteiger partial charge on any atom is -0.463 e. The monoisotopic (exact) mass is 498 g/mol. The third-order valence-electron chi connectivity index (χ3n) is 7.46. The van der Waals surface area contributed by atoms with Crippen LogP contribution in [0.4, 0.5) is 10.5 Å². The number of aliphatic imine (C=N–C) groups is 1. The number of carbonyl (C=O) groups excluding carboxylic acids is 2. The lowest BCUT2D eigenvalue weighted by Crippen LogP contribution is -2.59. The summed E-state index contributed by atoms with van der Waals surface area (Å²) in [7, 11) is 0. The molecule has 2 aliphatic heterocycles. The van der Waals surface area contributed by atoms with E-state index in [4.69, 9.17) is 14.5 Å². The summed E-state index contributed by atoms with van der Waals surface area (Å²) >= 11 is 1.75. The van der Waals surface area contributed by atoms with Crippen molar-refractivity contribution in [3.05, 3.63) is 42.0 Å². The van der Waals surface area contributed by atoms with Gasteiger partial charge in [0.15, 0.2) is 0 Å². The second-order valence-corrected chi connectivity index (χ2v) is 12.3. The number of nitrogens with one attached hydrogen (secondary N) is 1. The SMILES string of the molecule is CCOC(=O)/C=C/C1([C@]23C[C@H](NC(=O)OC(C)(C)C)[C@@H](C)SC2=Nc2ccccc23)CCCCC1. The van der Waals surface area contributed by atoms with Crippen molar-refractivity contribution in [2.75, 3.05) is 6.61 Å². The Bertz CT molecular complexity index is 1020. The molecule has 0 bridgehead atoms. The molecule has 2 heterocycles. The molecule has 1 amide bonds. The van der Waals surface area contributed by atoms with E-state index in [1.165, 1.54) is 12.0 Å². The highest BCUT2D eigenvalue weighted by atomic mass is 32.2. The van der Waals surface area contributed by atoms with Crippen LogP contribution in [0, 0.1) is 5.41 Å². The molecule has 6 nitrogen and oxygen atoms in total. The Morgan fingerprint density at radius 2 is 1.91 bits per heavy atom. The second kappa shape index (κ2) is 10.00. The normalized spacial score (nSPS) is 27.5. The standard InChI is InChI=1S/C28H38N2O4S/c1-6-33-23(31)14-17-27(15-10-7-11-16-27)28-18-22(30-25(32)34-26(3,4)5)19(2)35-24(28)29-21-13-9-8-12-20(21)28/h8-9,12-14,17,19,22H,6-7,10-11,15-16,18H2,1-5H3,(H,30,32)/b17-14+/t19-,22+,28+/m1/s1. The Morgan fingerprint density at radius 3 is 2.60 bits per heavy atom. The number of nitrogens with zero attached hydrogens (tertiary/aromatic N) is 1. The van der Waals surface area contributed by atoms with Gasteiger partial charge in [-0.05, 0) is 58.6 Å². The molecule has 1 saturated heterocycles. The van der Waals surface area contributed by atoms with Crippen LogP contribution < -0.4 is 5.32 Å². The number of fused-ring (bicyclic) bond motifs is 3. The number of para-hydroxylation sites is 1. The first-order valence-electron chi connectivity index (χ1n) is 12.8. The number of benzene rings is 1. The summed E-state index contributed by atoms with van der Waals surface area (Å²) in [5, 5.41) is 4.42. The van der Waals surface area contributed by atoms with Gasteiger partial charge in [-0.15, -0.1) is 11.8 Å². The molecule has 190 valence electrons. The summed E-state index contributed by atoms with van der Waals surface area (Å²) in [5.41, 5.74) is 0.927. The van der Waals surface area contributed by atoms with Crippen molar-refractivity contribution in [3.63, 3.8) is 0 Å². The second-order valence-electron chi connectivity index (χ2n) is 10.9. The van der Waals surface area contributed by atoms with E-state index in [0.29, 0.717) is 13.0 Å². The third kappa shape index (κ3) is 5.02. The molecule has 2 fully saturated rings. The molecular weight excluding hydrogens is 460 g/mol. The predicted molar refractivity (Wildman–Crippen MR) is 141 cm³/mol. The Labute approximate surface area is 213 Å². The van der Waals surface area contributed by atoms with Crippen molar-refractivity contribution in [2.45, 2.75) is 95.5 Å². The number of hydrogen-bond donors (Lipinski definition) is 1. The molecule has 7 heteroatoms. The highest BCUT2D eigenvalue weighted by Crippen LogP contribution is 2.63. The molecule has 0 radical (unpaired) electrons. The summed E-state index contributed by atoms with van der Waals surface area (Å²) in [6, 6.07) is 8.26. The van der Waals surface area contributed by atoms with Crippen molar-refractivity contribution in [1.29, 1.82) is 0 Å². The minimum atomic E-state index is -0.563. The van der Waals surface area contributed by atoms with Crippen molar-refractivity contribution >= 4 is 34.6 Å². The topological polar surface area (TPSA) is 77.0 Å². The number of hydrogen-bond acceptors (Lipinski definition) is 6. The number of thioether (sulfide) groups is 1. The molecule has 0 aromatic heterocycles. The average molecular weight is 499 g/mol. The lowest BCUT2D eigenvalue weighted by molar-refractivity contribution is -0.137. The van der Waals surface area contributed by atoms with Crippen LogP contribution in [0.1, 0.15) is 78.7 Å². The van der Waals surface area contributed by atoms with Crippen LogP contribution >= 0.6 is 11.8 Å². The predicted octanol–water partition coefficient (Wildman–Crippen LogP) is 6.46. The number of ether oxygens (including phenoxy) is 2. The van der Waals surface area contributed by atoms with E-state index in [-0.39, 0.29) is 22.7 Å². The quantitative estimate of drug-likeness (QED) is 0.373. The van der Waals surface area contributed by atoms with Gasteiger partial charge in [0.05, 0.1) is 22.8 Å². The smallest absolute Gasteiger partial charge is 0.407 e. The van der Waals surface area contributed by atoms with Crippen LogP contribution in [0.3, 0.4) is 0 Å². The summed E-state index contributed by atoms with van der Waals surface area (Å²) < 4.78 is 10.9. The van der Waals surface area contributed by atoms with Crippen LogP contribution in [0.25, 0.3) is 0 Å². The molecule has 1 aromatic rings. The number of alkyl carbamates (subject to hydrolysis) is 1. The van der Waals surface area contributed by atoms with Gasteiger partial charge in [0.2, 0.25) is 0 Å². The summed E-state index contributed by atoms with van der Waals surface area (Å²) in [6.07, 6.45) is 9.35. The number of rotatable bonds is 5. The molecule has 4 rings (SSSR count). The number of allylic oxidation sites excluding steroid dienone is 1. The van der Waals surface area contributed by atoms with Crippen LogP contribution in [0.5, 0.6) is 0 Å².